The lowest BCUT2D eigenvalue weighted by Gasteiger charge is -2.29. The second-order valence-corrected chi connectivity index (χ2v) is 3.92. The van der Waals surface area contributed by atoms with Gasteiger partial charge in [-0.3, -0.25) is 4.68 Å². The number of nitrogens with zero attached hydrogens (tertiary/aromatic N) is 2. The van der Waals surface area contributed by atoms with Crippen molar-refractivity contribution >= 4 is 0 Å². The molecule has 2 rings (SSSR count). The Morgan fingerprint density at radius 3 is 2.60 bits per heavy atom. The van der Waals surface area contributed by atoms with Crippen molar-refractivity contribution in [2.24, 2.45) is 7.05 Å². The molecule has 0 aliphatic heterocycles. The Morgan fingerprint density at radius 1 is 1.40 bits per heavy atom. The van der Waals surface area contributed by atoms with Gasteiger partial charge in [0.2, 0.25) is 0 Å². The van der Waals surface area contributed by atoms with Crippen molar-refractivity contribution in [2.75, 3.05) is 0 Å². The highest BCUT2D eigenvalue weighted by molar-refractivity contribution is 5.25. The molecule has 82 valence electrons. The minimum absolute atomic E-state index is 0.0161. The van der Waals surface area contributed by atoms with Crippen molar-refractivity contribution in [3.05, 3.63) is 30.1 Å². The van der Waals surface area contributed by atoms with Crippen LogP contribution >= 0.6 is 0 Å². The zero-order chi connectivity index (χ0) is 11.1. The summed E-state index contributed by atoms with van der Waals surface area (Å²) in [4.78, 5) is 0. The fourth-order valence-corrected chi connectivity index (χ4v) is 1.67. The van der Waals surface area contributed by atoms with Crippen LogP contribution in [0.1, 0.15) is 18.4 Å². The van der Waals surface area contributed by atoms with E-state index < -0.39 is 11.5 Å². The van der Waals surface area contributed by atoms with E-state index in [0.717, 1.165) is 12.2 Å². The van der Waals surface area contributed by atoms with E-state index in [1.807, 2.05) is 0 Å². The number of hydrogen-bond donors (Lipinski definition) is 1. The maximum atomic E-state index is 12.8. The Morgan fingerprint density at radius 2 is 2.13 bits per heavy atom. The summed E-state index contributed by atoms with van der Waals surface area (Å²) in [6.45, 7) is 0. The van der Waals surface area contributed by atoms with Crippen LogP contribution in [0.5, 0.6) is 0 Å². The quantitative estimate of drug-likeness (QED) is 0.721. The van der Waals surface area contributed by atoms with E-state index in [1.165, 1.54) is 10.9 Å². The van der Waals surface area contributed by atoms with Gasteiger partial charge in [0.05, 0.1) is 6.20 Å². The van der Waals surface area contributed by atoms with Crippen molar-refractivity contribution in [1.29, 1.82) is 0 Å². The van der Waals surface area contributed by atoms with Crippen molar-refractivity contribution in [1.82, 2.24) is 9.78 Å². The maximum Gasteiger partial charge on any atom is 0.266 e. The van der Waals surface area contributed by atoms with Crippen LogP contribution in [0, 0.1) is 0 Å². The predicted octanol–water partition coefficient (Wildman–Crippen LogP) is 1.59. The number of alkyl halides is 2. The molecular formula is C10H12F2N2O. The Hall–Kier alpha value is -1.23. The Kier molecular flexibility index (Phi) is 2.15. The van der Waals surface area contributed by atoms with Gasteiger partial charge in [-0.25, -0.2) is 8.78 Å². The van der Waals surface area contributed by atoms with E-state index in [-0.39, 0.29) is 12.8 Å². The highest BCUT2D eigenvalue weighted by Gasteiger charge is 2.38. The van der Waals surface area contributed by atoms with Gasteiger partial charge in [0, 0.05) is 25.2 Å². The van der Waals surface area contributed by atoms with E-state index in [9.17, 15) is 13.9 Å². The van der Waals surface area contributed by atoms with E-state index >= 15 is 0 Å². The molecule has 0 saturated heterocycles. The summed E-state index contributed by atoms with van der Waals surface area (Å²) >= 11 is 0. The number of rotatable bonds is 1. The smallest absolute Gasteiger partial charge is 0.266 e. The molecule has 0 saturated carbocycles. The second-order valence-electron chi connectivity index (χ2n) is 3.92. The summed E-state index contributed by atoms with van der Waals surface area (Å²) < 4.78 is 27.2. The molecule has 0 amide bonds. The number of aliphatic hydroxyl groups is 1. The van der Waals surface area contributed by atoms with Crippen molar-refractivity contribution in [3.63, 3.8) is 0 Å². The van der Waals surface area contributed by atoms with Crippen LogP contribution in [0.25, 0.3) is 0 Å². The molecule has 3 nitrogen and oxygen atoms in total. The van der Waals surface area contributed by atoms with Crippen LogP contribution in [0.15, 0.2) is 24.5 Å². The molecule has 1 heterocycles. The molecule has 0 fully saturated rings. The minimum Gasteiger partial charge on any atom is -0.381 e. The molecule has 1 aliphatic rings. The first-order valence-electron chi connectivity index (χ1n) is 4.71. The number of aromatic nitrogens is 2. The molecule has 0 aromatic carbocycles. The van der Waals surface area contributed by atoms with E-state index in [0.29, 0.717) is 5.56 Å². The minimum atomic E-state index is -2.80. The lowest BCUT2D eigenvalue weighted by Crippen LogP contribution is -2.31. The predicted molar refractivity (Wildman–Crippen MR) is 50.4 cm³/mol. The van der Waals surface area contributed by atoms with Gasteiger partial charge in [0.15, 0.2) is 0 Å². The van der Waals surface area contributed by atoms with E-state index in [1.54, 1.807) is 13.2 Å². The maximum absolute atomic E-state index is 12.8. The van der Waals surface area contributed by atoms with Gasteiger partial charge >= 0.3 is 0 Å². The third kappa shape index (κ3) is 1.92. The molecule has 0 bridgehead atoms. The lowest BCUT2D eigenvalue weighted by atomic mass is 9.85. The first kappa shape index (κ1) is 10.3. The highest BCUT2D eigenvalue weighted by atomic mass is 19.3. The van der Waals surface area contributed by atoms with Crippen molar-refractivity contribution < 1.29 is 13.9 Å². The standard InChI is InChI=1S/C10H12F2N2O/c1-14-7-8(6-13-14)9(15)2-4-10(11,12)5-3-9/h2,4,6-7,15H,3,5H2,1H3. The fourth-order valence-electron chi connectivity index (χ4n) is 1.67. The van der Waals surface area contributed by atoms with Crippen LogP contribution in [0.4, 0.5) is 8.78 Å². The SMILES string of the molecule is Cn1cc(C2(O)C=CC(F)(F)CC2)cn1. The topological polar surface area (TPSA) is 38.0 Å². The monoisotopic (exact) mass is 214 g/mol. The molecular weight excluding hydrogens is 202 g/mol. The van der Waals surface area contributed by atoms with Gasteiger partial charge < -0.3 is 5.11 Å². The van der Waals surface area contributed by atoms with Gasteiger partial charge in [-0.05, 0) is 18.6 Å². The van der Waals surface area contributed by atoms with Crippen LogP contribution in [0.2, 0.25) is 0 Å². The third-order valence-corrected chi connectivity index (χ3v) is 2.65. The Labute approximate surface area is 86.0 Å². The molecule has 1 aromatic heterocycles. The van der Waals surface area contributed by atoms with E-state index in [4.69, 9.17) is 0 Å². The molecule has 15 heavy (non-hydrogen) atoms. The summed E-state index contributed by atoms with van der Waals surface area (Å²) in [7, 11) is 1.72. The van der Waals surface area contributed by atoms with Crippen LogP contribution in [-0.4, -0.2) is 20.8 Å². The first-order valence-corrected chi connectivity index (χ1v) is 4.71. The molecule has 1 atom stereocenters. The summed E-state index contributed by atoms with van der Waals surface area (Å²) in [5.41, 5.74) is -0.743. The summed E-state index contributed by atoms with van der Waals surface area (Å²) in [5.74, 6) is -2.80. The number of allylic oxidation sites excluding steroid dienone is 1. The van der Waals surface area contributed by atoms with Gasteiger partial charge in [0.1, 0.15) is 5.60 Å². The van der Waals surface area contributed by atoms with Gasteiger partial charge in [-0.1, -0.05) is 0 Å². The molecule has 1 aromatic rings. The number of hydrogen-bond acceptors (Lipinski definition) is 2. The zero-order valence-electron chi connectivity index (χ0n) is 8.32. The average Bonchev–Trinajstić information content (AvgIpc) is 2.59. The molecule has 5 heteroatoms. The van der Waals surface area contributed by atoms with Crippen LogP contribution < -0.4 is 0 Å². The normalized spacial score (nSPS) is 29.3. The Bertz CT molecular complexity index is 400. The molecule has 1 aliphatic carbocycles. The Balaban J connectivity index is 2.30. The van der Waals surface area contributed by atoms with Gasteiger partial charge in [-0.2, -0.15) is 5.10 Å². The summed E-state index contributed by atoms with van der Waals surface area (Å²) in [6, 6.07) is 0. The fraction of sp³-hybridized carbons (Fsp3) is 0.500. The largest absolute Gasteiger partial charge is 0.381 e. The van der Waals surface area contributed by atoms with Gasteiger partial charge in [0.25, 0.3) is 5.92 Å². The van der Waals surface area contributed by atoms with Gasteiger partial charge in [-0.15, -0.1) is 0 Å². The van der Waals surface area contributed by atoms with Crippen molar-refractivity contribution in [3.8, 4) is 0 Å². The lowest BCUT2D eigenvalue weighted by molar-refractivity contribution is -0.0137. The second kappa shape index (κ2) is 3.13. The molecule has 0 radical (unpaired) electrons. The first-order chi connectivity index (χ1) is 6.91. The third-order valence-electron chi connectivity index (χ3n) is 2.65. The molecule has 0 spiro atoms. The van der Waals surface area contributed by atoms with Crippen LogP contribution in [0.3, 0.4) is 0 Å². The van der Waals surface area contributed by atoms with Crippen molar-refractivity contribution in [2.45, 2.75) is 24.4 Å². The zero-order valence-corrected chi connectivity index (χ0v) is 8.32. The molecule has 1 unspecified atom stereocenters. The van der Waals surface area contributed by atoms with E-state index in [2.05, 4.69) is 5.10 Å². The summed E-state index contributed by atoms with van der Waals surface area (Å²) in [5, 5.41) is 14.0. The number of aryl methyl sites for hydroxylation is 1. The summed E-state index contributed by atoms with van der Waals surface area (Å²) in [6.07, 6.45) is 4.73. The van der Waals surface area contributed by atoms with Crippen LogP contribution in [-0.2, 0) is 12.6 Å². The average molecular weight is 214 g/mol. The number of halogens is 2. The molecule has 1 N–H and O–H groups in total. The highest BCUT2D eigenvalue weighted by Crippen LogP contribution is 2.38.